The van der Waals surface area contributed by atoms with Crippen molar-refractivity contribution in [2.24, 2.45) is 0 Å². The standard InChI is InChI=1S/C19H22ClNO4/c1-12-9-14(20)6-7-15(12)21-18(22)8-5-13-10-16(23-2)19(25-4)17(11-13)24-3/h6-7,9-11H,5,8H2,1-4H3,(H,21,22). The molecular formula is C19H22ClNO4. The van der Waals surface area contributed by atoms with Gasteiger partial charge in [0.2, 0.25) is 11.7 Å². The Hall–Kier alpha value is -2.40. The molecule has 0 radical (unpaired) electrons. The van der Waals surface area contributed by atoms with Crippen molar-refractivity contribution in [1.29, 1.82) is 0 Å². The van der Waals surface area contributed by atoms with Crippen LogP contribution < -0.4 is 19.5 Å². The first kappa shape index (κ1) is 18.9. The molecule has 1 amide bonds. The summed E-state index contributed by atoms with van der Waals surface area (Å²) < 4.78 is 16.0. The predicted molar refractivity (Wildman–Crippen MR) is 99.2 cm³/mol. The number of rotatable bonds is 7. The first-order chi connectivity index (χ1) is 12.0. The van der Waals surface area contributed by atoms with Gasteiger partial charge in [0.05, 0.1) is 21.3 Å². The lowest BCUT2D eigenvalue weighted by Crippen LogP contribution is -2.13. The van der Waals surface area contributed by atoms with Gasteiger partial charge in [0.1, 0.15) is 0 Å². The van der Waals surface area contributed by atoms with Gasteiger partial charge in [0.25, 0.3) is 0 Å². The zero-order valence-electron chi connectivity index (χ0n) is 14.8. The maximum Gasteiger partial charge on any atom is 0.224 e. The Morgan fingerprint density at radius 3 is 2.20 bits per heavy atom. The number of carbonyl (C=O) groups is 1. The van der Waals surface area contributed by atoms with Crippen LogP contribution in [0, 0.1) is 6.92 Å². The number of amides is 1. The number of methoxy groups -OCH3 is 3. The number of benzene rings is 2. The fourth-order valence-corrected chi connectivity index (χ4v) is 2.74. The van der Waals surface area contributed by atoms with Gasteiger partial charge < -0.3 is 19.5 Å². The molecular weight excluding hydrogens is 342 g/mol. The van der Waals surface area contributed by atoms with Crippen molar-refractivity contribution in [2.45, 2.75) is 19.8 Å². The number of anilines is 1. The Morgan fingerprint density at radius 2 is 1.68 bits per heavy atom. The molecule has 0 saturated carbocycles. The number of aryl methyl sites for hydroxylation is 2. The Balaban J connectivity index is 2.06. The lowest BCUT2D eigenvalue weighted by atomic mass is 10.1. The predicted octanol–water partition coefficient (Wildman–Crippen LogP) is 4.25. The van der Waals surface area contributed by atoms with E-state index in [0.717, 1.165) is 16.8 Å². The van der Waals surface area contributed by atoms with Crippen LogP contribution in [0.2, 0.25) is 5.02 Å². The van der Waals surface area contributed by atoms with Gasteiger partial charge in [-0.2, -0.15) is 0 Å². The molecule has 0 spiro atoms. The summed E-state index contributed by atoms with van der Waals surface area (Å²) in [4.78, 5) is 12.2. The van der Waals surface area contributed by atoms with E-state index >= 15 is 0 Å². The summed E-state index contributed by atoms with van der Waals surface area (Å²) in [6.07, 6.45) is 0.885. The first-order valence-electron chi connectivity index (χ1n) is 7.83. The van der Waals surface area contributed by atoms with Crippen molar-refractivity contribution < 1.29 is 19.0 Å². The van der Waals surface area contributed by atoms with Crippen molar-refractivity contribution in [3.05, 3.63) is 46.5 Å². The topological polar surface area (TPSA) is 56.8 Å². The number of carbonyl (C=O) groups excluding carboxylic acids is 1. The lowest BCUT2D eigenvalue weighted by molar-refractivity contribution is -0.116. The van der Waals surface area contributed by atoms with Crippen molar-refractivity contribution in [3.63, 3.8) is 0 Å². The number of hydrogen-bond donors (Lipinski definition) is 1. The lowest BCUT2D eigenvalue weighted by Gasteiger charge is -2.14. The monoisotopic (exact) mass is 363 g/mol. The third kappa shape index (κ3) is 4.79. The summed E-state index contributed by atoms with van der Waals surface area (Å²) in [5, 5.41) is 3.55. The van der Waals surface area contributed by atoms with Crippen LogP contribution >= 0.6 is 11.6 Å². The van der Waals surface area contributed by atoms with E-state index < -0.39 is 0 Å². The molecule has 0 atom stereocenters. The molecule has 0 unspecified atom stereocenters. The summed E-state index contributed by atoms with van der Waals surface area (Å²) >= 11 is 5.93. The molecule has 0 heterocycles. The molecule has 1 N–H and O–H groups in total. The normalized spacial score (nSPS) is 10.3. The molecule has 134 valence electrons. The number of nitrogens with one attached hydrogen (secondary N) is 1. The first-order valence-corrected chi connectivity index (χ1v) is 8.21. The summed E-state index contributed by atoms with van der Waals surface area (Å²) in [6, 6.07) is 9.07. The van der Waals surface area contributed by atoms with E-state index in [9.17, 15) is 4.79 Å². The van der Waals surface area contributed by atoms with Crippen molar-refractivity contribution in [2.75, 3.05) is 26.6 Å². The van der Waals surface area contributed by atoms with Crippen LogP contribution in [-0.2, 0) is 11.2 Å². The highest BCUT2D eigenvalue weighted by Gasteiger charge is 2.14. The van der Waals surface area contributed by atoms with E-state index in [1.54, 1.807) is 33.5 Å². The average Bonchev–Trinajstić information content (AvgIpc) is 2.61. The third-order valence-electron chi connectivity index (χ3n) is 3.83. The van der Waals surface area contributed by atoms with Gasteiger partial charge >= 0.3 is 0 Å². The quantitative estimate of drug-likeness (QED) is 0.799. The summed E-state index contributed by atoms with van der Waals surface area (Å²) in [6.45, 7) is 1.90. The van der Waals surface area contributed by atoms with E-state index in [-0.39, 0.29) is 5.91 Å². The minimum Gasteiger partial charge on any atom is -0.493 e. The minimum atomic E-state index is -0.0702. The number of hydrogen-bond acceptors (Lipinski definition) is 4. The van der Waals surface area contributed by atoms with Crippen LogP contribution in [0.3, 0.4) is 0 Å². The summed E-state index contributed by atoms with van der Waals surface area (Å²) in [5.41, 5.74) is 2.62. The molecule has 0 aliphatic carbocycles. The molecule has 2 aromatic rings. The van der Waals surface area contributed by atoms with Crippen LogP contribution in [0.25, 0.3) is 0 Å². The number of ether oxygens (including phenoxy) is 3. The maximum absolute atomic E-state index is 12.2. The molecule has 6 heteroatoms. The molecule has 25 heavy (non-hydrogen) atoms. The molecule has 0 fully saturated rings. The molecule has 0 aliphatic rings. The van der Waals surface area contributed by atoms with E-state index in [2.05, 4.69) is 5.32 Å². The van der Waals surface area contributed by atoms with Crippen molar-refractivity contribution in [3.8, 4) is 17.2 Å². The Morgan fingerprint density at radius 1 is 1.04 bits per heavy atom. The highest BCUT2D eigenvalue weighted by molar-refractivity contribution is 6.30. The summed E-state index contributed by atoms with van der Waals surface area (Å²) in [7, 11) is 4.69. The second kappa shape index (κ2) is 8.62. The van der Waals surface area contributed by atoms with E-state index in [0.29, 0.717) is 35.1 Å². The van der Waals surface area contributed by atoms with Gasteiger partial charge in [0.15, 0.2) is 11.5 Å². The fraction of sp³-hybridized carbons (Fsp3) is 0.316. The molecule has 2 rings (SSSR count). The third-order valence-corrected chi connectivity index (χ3v) is 4.06. The highest BCUT2D eigenvalue weighted by Crippen LogP contribution is 2.38. The smallest absolute Gasteiger partial charge is 0.224 e. The zero-order chi connectivity index (χ0) is 18.4. The Kier molecular flexibility index (Phi) is 6.53. The molecule has 0 bridgehead atoms. The molecule has 0 saturated heterocycles. The summed E-state index contributed by atoms with van der Waals surface area (Å²) in [5.74, 6) is 1.62. The van der Waals surface area contributed by atoms with Gasteiger partial charge in [-0.05, 0) is 54.8 Å². The van der Waals surface area contributed by atoms with Gasteiger partial charge in [-0.25, -0.2) is 0 Å². The van der Waals surface area contributed by atoms with E-state index in [4.69, 9.17) is 25.8 Å². The molecule has 2 aromatic carbocycles. The van der Waals surface area contributed by atoms with Crippen LogP contribution in [0.4, 0.5) is 5.69 Å². The van der Waals surface area contributed by atoms with Crippen molar-refractivity contribution >= 4 is 23.2 Å². The zero-order valence-corrected chi connectivity index (χ0v) is 15.6. The van der Waals surface area contributed by atoms with Gasteiger partial charge in [-0.15, -0.1) is 0 Å². The van der Waals surface area contributed by atoms with Gasteiger partial charge in [-0.3, -0.25) is 4.79 Å². The van der Waals surface area contributed by atoms with Crippen LogP contribution in [0.15, 0.2) is 30.3 Å². The Bertz CT molecular complexity index is 736. The second-order valence-corrected chi connectivity index (χ2v) is 5.98. The molecule has 0 aliphatic heterocycles. The fourth-order valence-electron chi connectivity index (χ4n) is 2.52. The SMILES string of the molecule is COc1cc(CCC(=O)Nc2ccc(Cl)cc2C)cc(OC)c1OC. The number of halogens is 1. The van der Waals surface area contributed by atoms with E-state index in [1.807, 2.05) is 25.1 Å². The van der Waals surface area contributed by atoms with E-state index in [1.165, 1.54) is 0 Å². The molecule has 5 nitrogen and oxygen atoms in total. The van der Waals surface area contributed by atoms with Crippen LogP contribution in [0.1, 0.15) is 17.5 Å². The van der Waals surface area contributed by atoms with Gasteiger partial charge in [0, 0.05) is 17.1 Å². The van der Waals surface area contributed by atoms with Crippen LogP contribution in [0.5, 0.6) is 17.2 Å². The largest absolute Gasteiger partial charge is 0.493 e. The van der Waals surface area contributed by atoms with Crippen molar-refractivity contribution in [1.82, 2.24) is 0 Å². The average molecular weight is 364 g/mol. The maximum atomic E-state index is 12.2. The second-order valence-electron chi connectivity index (χ2n) is 5.54. The molecule has 0 aromatic heterocycles. The Labute approximate surface area is 152 Å². The minimum absolute atomic E-state index is 0.0702. The highest BCUT2D eigenvalue weighted by atomic mass is 35.5. The van der Waals surface area contributed by atoms with Crippen LogP contribution in [-0.4, -0.2) is 27.2 Å². The van der Waals surface area contributed by atoms with Gasteiger partial charge in [-0.1, -0.05) is 11.6 Å².